The number of hydrogen-bond acceptors (Lipinski definition) is 4. The molecule has 8 rings (SSSR count). The molecule has 0 radical (unpaired) electrons. The number of aliphatic imine (C=N–C) groups is 1. The van der Waals surface area contributed by atoms with E-state index in [4.69, 9.17) is 14.7 Å². The largest absolute Gasteiger partial charge is 0.471 e. The first kappa shape index (κ1) is 34.6. The second-order valence-electron chi connectivity index (χ2n) is 18.5. The lowest BCUT2D eigenvalue weighted by molar-refractivity contribution is 0.0451. The fourth-order valence-corrected chi connectivity index (χ4v) is 8.60. The van der Waals surface area contributed by atoms with Crippen molar-refractivity contribution in [2.24, 2.45) is 27.7 Å². The maximum absolute atomic E-state index is 12.3. The molecule has 5 atom stereocenters. The van der Waals surface area contributed by atoms with Crippen LogP contribution in [-0.2, 0) is 16.6 Å². The number of nitrogens with zero attached hydrogens (tertiary/aromatic N) is 3. The van der Waals surface area contributed by atoms with E-state index in [-0.39, 0.29) is 34.3 Å². The van der Waals surface area contributed by atoms with Crippen LogP contribution in [-0.4, -0.2) is 32.8 Å². The van der Waals surface area contributed by atoms with Gasteiger partial charge in [0.05, 0.1) is 17.1 Å². The zero-order valence-corrected chi connectivity index (χ0v) is 32.2. The molecule has 0 bridgehead atoms. The Hall–Kier alpha value is -4.48. The molecule has 4 aromatic carbocycles. The number of aromatic nitrogens is 2. The third-order valence-corrected chi connectivity index (χ3v) is 11.8. The van der Waals surface area contributed by atoms with E-state index in [9.17, 15) is 5.11 Å². The van der Waals surface area contributed by atoms with Gasteiger partial charge in [-0.2, -0.15) is 0 Å². The number of allylic oxidation sites excluding steroid dienone is 1. The normalized spacial score (nSPS) is 23.2. The molecule has 1 aliphatic heterocycles. The van der Waals surface area contributed by atoms with Crippen LogP contribution in [0.4, 0.5) is 0 Å². The van der Waals surface area contributed by atoms with Gasteiger partial charge in [-0.1, -0.05) is 129 Å². The van der Waals surface area contributed by atoms with Gasteiger partial charge in [-0.15, -0.1) is 0 Å². The van der Waals surface area contributed by atoms with Crippen molar-refractivity contribution in [1.82, 2.24) is 9.55 Å². The number of para-hydroxylation sites is 1. The highest BCUT2D eigenvalue weighted by Crippen LogP contribution is 2.49. The molecule has 52 heavy (non-hydrogen) atoms. The molecular weight excluding hydrogens is 639 g/mol. The lowest BCUT2D eigenvalue weighted by atomic mass is 9.63. The second kappa shape index (κ2) is 12.3. The summed E-state index contributed by atoms with van der Waals surface area (Å²) in [7, 11) is 0. The SMILES string of the molecule is CC(C)(C)c1ccc(-n2c(C3=C[C@@H](C(C)(C)C)C[C@@H](C(C)(C)C)[C@H]3O)nc3c(-c4cccc(C5=N[C@@H]6c7ccccc7C[C@@H]6O5)c4)cccc32)cc1. The highest BCUT2D eigenvalue weighted by atomic mass is 16.5. The lowest BCUT2D eigenvalue weighted by Crippen LogP contribution is -2.40. The maximum atomic E-state index is 12.3. The van der Waals surface area contributed by atoms with Crippen LogP contribution >= 0.6 is 0 Å². The van der Waals surface area contributed by atoms with Crippen LogP contribution in [0.1, 0.15) is 103 Å². The molecular formula is C47H53N3O2. The molecule has 0 unspecified atom stereocenters. The van der Waals surface area contributed by atoms with Crippen LogP contribution in [0.25, 0.3) is 33.4 Å². The van der Waals surface area contributed by atoms with Gasteiger partial charge in [0, 0.05) is 28.8 Å². The minimum Gasteiger partial charge on any atom is -0.471 e. The standard InChI is InChI=1S/C47H53N3O2/c1-45(2,3)31-20-22-33(23-21-31)50-38-19-13-18-34(40(38)48-43(50)36-26-32(46(4,5)6)27-37(42(36)51)47(7,8)9)28-15-12-16-30(24-28)44-49-41-35-17-11-10-14-29(35)25-39(41)52-44/h10-24,26,32,37,39,41-42,51H,25,27H2,1-9H3/t32-,37-,39+,41-,42+/m1/s1. The maximum Gasteiger partial charge on any atom is 0.217 e. The van der Waals surface area contributed by atoms with Gasteiger partial charge in [0.1, 0.15) is 18.0 Å². The van der Waals surface area contributed by atoms with Crippen molar-refractivity contribution in [2.45, 2.75) is 98.8 Å². The van der Waals surface area contributed by atoms with Crippen LogP contribution in [0.15, 0.2) is 102 Å². The van der Waals surface area contributed by atoms with E-state index in [0.29, 0.717) is 11.8 Å². The zero-order chi connectivity index (χ0) is 36.7. The molecule has 0 saturated carbocycles. The van der Waals surface area contributed by atoms with Crippen molar-refractivity contribution >= 4 is 22.5 Å². The fraction of sp³-hybridized carbons (Fsp3) is 0.404. The Morgan fingerprint density at radius 1 is 0.769 bits per heavy atom. The van der Waals surface area contributed by atoms with Crippen molar-refractivity contribution in [2.75, 3.05) is 0 Å². The van der Waals surface area contributed by atoms with Gasteiger partial charge in [-0.3, -0.25) is 4.57 Å². The summed E-state index contributed by atoms with van der Waals surface area (Å²) in [6, 6.07) is 32.5. The first-order chi connectivity index (χ1) is 24.6. The Labute approximate surface area is 309 Å². The highest BCUT2D eigenvalue weighted by Gasteiger charge is 2.43. The molecule has 2 aliphatic carbocycles. The van der Waals surface area contributed by atoms with Crippen LogP contribution in [0, 0.1) is 22.7 Å². The van der Waals surface area contributed by atoms with Crippen molar-refractivity contribution in [3.05, 3.63) is 125 Å². The predicted molar refractivity (Wildman–Crippen MR) is 214 cm³/mol. The monoisotopic (exact) mass is 691 g/mol. The number of hydrogen-bond donors (Lipinski definition) is 1. The number of benzene rings is 4. The van der Waals surface area contributed by atoms with Gasteiger partial charge in [0.15, 0.2) is 0 Å². The van der Waals surface area contributed by atoms with E-state index in [1.165, 1.54) is 16.7 Å². The fourth-order valence-electron chi connectivity index (χ4n) is 8.60. The van der Waals surface area contributed by atoms with E-state index < -0.39 is 6.10 Å². The summed E-state index contributed by atoms with van der Waals surface area (Å²) in [6.45, 7) is 20.4. The number of imidazole rings is 1. The van der Waals surface area contributed by atoms with Crippen molar-refractivity contribution in [3.63, 3.8) is 0 Å². The van der Waals surface area contributed by atoms with Crippen LogP contribution < -0.4 is 0 Å². The van der Waals surface area contributed by atoms with Gasteiger partial charge in [-0.25, -0.2) is 9.98 Å². The molecule has 3 aliphatic rings. The van der Waals surface area contributed by atoms with E-state index >= 15 is 0 Å². The Morgan fingerprint density at radius 2 is 1.48 bits per heavy atom. The van der Waals surface area contributed by atoms with Crippen molar-refractivity contribution < 1.29 is 9.84 Å². The molecule has 2 heterocycles. The average molecular weight is 692 g/mol. The predicted octanol–water partition coefficient (Wildman–Crippen LogP) is 10.9. The van der Waals surface area contributed by atoms with E-state index in [1.807, 2.05) is 0 Å². The summed E-state index contributed by atoms with van der Waals surface area (Å²) in [5, 5.41) is 12.3. The Balaban J connectivity index is 1.28. The molecule has 0 amide bonds. The van der Waals surface area contributed by atoms with Gasteiger partial charge in [0.25, 0.3) is 0 Å². The van der Waals surface area contributed by atoms with E-state index in [1.54, 1.807) is 0 Å². The van der Waals surface area contributed by atoms with Crippen molar-refractivity contribution in [3.8, 4) is 16.8 Å². The Morgan fingerprint density at radius 3 is 2.19 bits per heavy atom. The number of fused-ring (bicyclic) bond motifs is 4. The minimum atomic E-state index is -0.642. The Bertz CT molecular complexity index is 2220. The van der Waals surface area contributed by atoms with Crippen LogP contribution in [0.3, 0.4) is 0 Å². The van der Waals surface area contributed by atoms with Gasteiger partial charge >= 0.3 is 0 Å². The Kier molecular flexibility index (Phi) is 8.18. The molecule has 268 valence electrons. The summed E-state index contributed by atoms with van der Waals surface area (Å²) in [4.78, 5) is 10.6. The number of aliphatic hydroxyl groups is 1. The topological polar surface area (TPSA) is 59.6 Å². The molecule has 5 nitrogen and oxygen atoms in total. The van der Waals surface area contributed by atoms with Gasteiger partial charge < -0.3 is 9.84 Å². The van der Waals surface area contributed by atoms with E-state index in [0.717, 1.165) is 57.7 Å². The first-order valence-corrected chi connectivity index (χ1v) is 19.0. The van der Waals surface area contributed by atoms with Crippen molar-refractivity contribution in [1.29, 1.82) is 0 Å². The minimum absolute atomic E-state index is 0.0356. The molecule has 5 heteroatoms. The van der Waals surface area contributed by atoms with Crippen LogP contribution in [0.2, 0.25) is 0 Å². The molecule has 5 aromatic rings. The summed E-state index contributed by atoms with van der Waals surface area (Å²) in [5.41, 5.74) is 10.8. The first-order valence-electron chi connectivity index (χ1n) is 19.0. The van der Waals surface area contributed by atoms with Crippen LogP contribution in [0.5, 0.6) is 0 Å². The molecule has 0 saturated heterocycles. The third kappa shape index (κ3) is 6.01. The quantitative estimate of drug-likeness (QED) is 0.204. The molecule has 1 N–H and O–H groups in total. The smallest absolute Gasteiger partial charge is 0.217 e. The number of ether oxygens (including phenoxy) is 1. The number of rotatable bonds is 4. The lowest BCUT2D eigenvalue weighted by Gasteiger charge is -2.44. The number of aliphatic hydroxyl groups excluding tert-OH is 1. The summed E-state index contributed by atoms with van der Waals surface area (Å²) < 4.78 is 8.78. The highest BCUT2D eigenvalue weighted by molar-refractivity contribution is 5.99. The summed E-state index contributed by atoms with van der Waals surface area (Å²) in [6.07, 6.45) is 3.56. The zero-order valence-electron chi connectivity index (χ0n) is 32.2. The third-order valence-electron chi connectivity index (χ3n) is 11.8. The van der Waals surface area contributed by atoms with Gasteiger partial charge in [-0.05, 0) is 87.1 Å². The second-order valence-corrected chi connectivity index (χ2v) is 18.5. The van der Waals surface area contributed by atoms with E-state index in [2.05, 4.69) is 164 Å². The van der Waals surface area contributed by atoms with Gasteiger partial charge in [0.2, 0.25) is 5.90 Å². The molecule has 0 spiro atoms. The molecule has 1 aromatic heterocycles. The summed E-state index contributed by atoms with van der Waals surface area (Å²) in [5.74, 6) is 1.90. The summed E-state index contributed by atoms with van der Waals surface area (Å²) >= 11 is 0. The molecule has 0 fully saturated rings. The average Bonchev–Trinajstić information content (AvgIpc) is 3.78.